The van der Waals surface area contributed by atoms with E-state index in [-0.39, 0.29) is 24.9 Å². The molecule has 0 saturated heterocycles. The van der Waals surface area contributed by atoms with Crippen LogP contribution in [0.3, 0.4) is 0 Å². The van der Waals surface area contributed by atoms with Crippen LogP contribution in [0, 0.1) is 5.92 Å². The monoisotopic (exact) mass is 258 g/mol. The highest BCUT2D eigenvalue weighted by atomic mass is 16.4. The Labute approximate surface area is 110 Å². The summed E-state index contributed by atoms with van der Waals surface area (Å²) >= 11 is 0. The normalized spacial score (nSPS) is 12.8. The molecule has 0 aliphatic heterocycles. The molecule has 18 heavy (non-hydrogen) atoms. The number of carbonyl (C=O) groups excluding carboxylic acids is 1. The van der Waals surface area contributed by atoms with Crippen LogP contribution in [0.1, 0.15) is 33.6 Å². The summed E-state index contributed by atoms with van der Waals surface area (Å²) in [6, 6.07) is 0.213. The van der Waals surface area contributed by atoms with Crippen molar-refractivity contribution in [3.05, 3.63) is 0 Å². The number of carbonyl (C=O) groups is 2. The Kier molecular flexibility index (Phi) is 7.59. The van der Waals surface area contributed by atoms with Crippen molar-refractivity contribution in [2.45, 2.75) is 39.7 Å². The van der Waals surface area contributed by atoms with Crippen molar-refractivity contribution in [2.75, 3.05) is 27.2 Å². The van der Waals surface area contributed by atoms with Crippen molar-refractivity contribution in [1.82, 2.24) is 9.80 Å². The first-order chi connectivity index (χ1) is 8.23. The summed E-state index contributed by atoms with van der Waals surface area (Å²) in [6.45, 7) is 6.97. The number of rotatable bonds is 8. The van der Waals surface area contributed by atoms with Gasteiger partial charge in [-0.05, 0) is 26.3 Å². The summed E-state index contributed by atoms with van der Waals surface area (Å²) in [4.78, 5) is 25.9. The van der Waals surface area contributed by atoms with E-state index in [1.807, 2.05) is 6.92 Å². The molecule has 0 fully saturated rings. The lowest BCUT2D eigenvalue weighted by Gasteiger charge is -2.28. The molecule has 0 aliphatic carbocycles. The number of carboxylic acids is 1. The average molecular weight is 258 g/mol. The maximum Gasteiger partial charge on any atom is 0.304 e. The molecule has 0 aromatic carbocycles. The molecular formula is C13H26N2O3. The summed E-state index contributed by atoms with van der Waals surface area (Å²) < 4.78 is 0. The molecule has 0 heterocycles. The Hall–Kier alpha value is -1.10. The summed E-state index contributed by atoms with van der Waals surface area (Å²) in [6.07, 6.45) is 1.04. The maximum absolute atomic E-state index is 12.0. The highest BCUT2D eigenvalue weighted by Gasteiger charge is 2.18. The zero-order valence-electron chi connectivity index (χ0n) is 12.1. The van der Waals surface area contributed by atoms with E-state index in [0.29, 0.717) is 12.5 Å². The molecule has 0 aromatic heterocycles. The largest absolute Gasteiger partial charge is 0.481 e. The van der Waals surface area contributed by atoms with Gasteiger partial charge in [0.2, 0.25) is 5.91 Å². The second-order valence-corrected chi connectivity index (χ2v) is 5.36. The zero-order chi connectivity index (χ0) is 14.3. The molecule has 0 aromatic rings. The SMILES string of the molecule is CC(C)CC(C)N(C)C(=O)CN(C)CCC(=O)O. The number of aliphatic carboxylic acids is 1. The zero-order valence-corrected chi connectivity index (χ0v) is 12.1. The minimum absolute atomic E-state index is 0.0380. The van der Waals surface area contributed by atoms with E-state index in [1.165, 1.54) is 0 Å². The molecule has 0 spiro atoms. The van der Waals surface area contributed by atoms with Crippen molar-refractivity contribution in [2.24, 2.45) is 5.92 Å². The third-order valence-corrected chi connectivity index (χ3v) is 2.98. The molecular weight excluding hydrogens is 232 g/mol. The molecule has 5 nitrogen and oxygen atoms in total. The molecule has 1 atom stereocenters. The van der Waals surface area contributed by atoms with Crippen LogP contribution in [0.15, 0.2) is 0 Å². The third-order valence-electron chi connectivity index (χ3n) is 2.98. The van der Waals surface area contributed by atoms with Gasteiger partial charge in [-0.3, -0.25) is 14.5 Å². The van der Waals surface area contributed by atoms with Gasteiger partial charge in [0.25, 0.3) is 0 Å². The Morgan fingerprint density at radius 1 is 1.17 bits per heavy atom. The molecule has 5 heteroatoms. The minimum Gasteiger partial charge on any atom is -0.481 e. The van der Waals surface area contributed by atoms with E-state index >= 15 is 0 Å². The Balaban J connectivity index is 4.10. The first-order valence-electron chi connectivity index (χ1n) is 6.40. The average Bonchev–Trinajstić information content (AvgIpc) is 2.24. The van der Waals surface area contributed by atoms with Crippen molar-refractivity contribution < 1.29 is 14.7 Å². The van der Waals surface area contributed by atoms with Gasteiger partial charge in [0, 0.05) is 19.6 Å². The molecule has 106 valence electrons. The number of amides is 1. The predicted octanol–water partition coefficient (Wildman–Crippen LogP) is 1.29. The van der Waals surface area contributed by atoms with Gasteiger partial charge in [-0.1, -0.05) is 13.8 Å². The Morgan fingerprint density at radius 2 is 1.72 bits per heavy atom. The van der Waals surface area contributed by atoms with Gasteiger partial charge in [0.15, 0.2) is 0 Å². The molecule has 1 unspecified atom stereocenters. The molecule has 0 saturated carbocycles. The summed E-state index contributed by atoms with van der Waals surface area (Å²) in [5.74, 6) is -0.244. The smallest absolute Gasteiger partial charge is 0.304 e. The van der Waals surface area contributed by atoms with Crippen LogP contribution in [0.25, 0.3) is 0 Å². The number of likely N-dealkylation sites (N-methyl/N-ethyl adjacent to an activating group) is 2. The first-order valence-corrected chi connectivity index (χ1v) is 6.40. The van der Waals surface area contributed by atoms with Crippen molar-refractivity contribution >= 4 is 11.9 Å². The summed E-state index contributed by atoms with van der Waals surface area (Å²) in [5, 5.41) is 8.57. The lowest BCUT2D eigenvalue weighted by atomic mass is 10.0. The third kappa shape index (κ3) is 7.27. The molecule has 0 rings (SSSR count). The topological polar surface area (TPSA) is 60.9 Å². The highest BCUT2D eigenvalue weighted by Crippen LogP contribution is 2.09. The Morgan fingerprint density at radius 3 is 2.17 bits per heavy atom. The van der Waals surface area contributed by atoms with Gasteiger partial charge in [0.05, 0.1) is 13.0 Å². The van der Waals surface area contributed by atoms with Gasteiger partial charge in [-0.2, -0.15) is 0 Å². The second-order valence-electron chi connectivity index (χ2n) is 5.36. The predicted molar refractivity (Wildman–Crippen MR) is 71.4 cm³/mol. The Bertz CT molecular complexity index is 279. The van der Waals surface area contributed by atoms with Crippen LogP contribution < -0.4 is 0 Å². The van der Waals surface area contributed by atoms with E-state index in [4.69, 9.17) is 5.11 Å². The van der Waals surface area contributed by atoms with Gasteiger partial charge in [0.1, 0.15) is 0 Å². The van der Waals surface area contributed by atoms with Crippen molar-refractivity contribution in [3.8, 4) is 0 Å². The lowest BCUT2D eigenvalue weighted by Crippen LogP contribution is -2.42. The fourth-order valence-corrected chi connectivity index (χ4v) is 1.79. The van der Waals surface area contributed by atoms with Gasteiger partial charge >= 0.3 is 5.97 Å². The van der Waals surface area contributed by atoms with E-state index in [9.17, 15) is 9.59 Å². The van der Waals surface area contributed by atoms with Crippen LogP contribution in [-0.4, -0.2) is 60.0 Å². The molecule has 0 radical (unpaired) electrons. The molecule has 0 aliphatic rings. The standard InChI is InChI=1S/C13H26N2O3/c1-10(2)8-11(3)15(5)12(16)9-14(4)7-6-13(17)18/h10-11H,6-9H2,1-5H3,(H,17,18). The van der Waals surface area contributed by atoms with Gasteiger partial charge in [-0.25, -0.2) is 0 Å². The van der Waals surface area contributed by atoms with Crippen LogP contribution in [0.2, 0.25) is 0 Å². The van der Waals surface area contributed by atoms with Crippen LogP contribution >= 0.6 is 0 Å². The number of hydrogen-bond donors (Lipinski definition) is 1. The number of nitrogens with zero attached hydrogens (tertiary/aromatic N) is 2. The van der Waals surface area contributed by atoms with Gasteiger partial charge < -0.3 is 10.0 Å². The second kappa shape index (κ2) is 8.08. The summed E-state index contributed by atoms with van der Waals surface area (Å²) in [7, 11) is 3.57. The quantitative estimate of drug-likeness (QED) is 0.712. The fraction of sp³-hybridized carbons (Fsp3) is 0.846. The van der Waals surface area contributed by atoms with E-state index in [1.54, 1.807) is 23.9 Å². The van der Waals surface area contributed by atoms with E-state index < -0.39 is 5.97 Å². The van der Waals surface area contributed by atoms with E-state index in [0.717, 1.165) is 6.42 Å². The molecule has 1 amide bonds. The van der Waals surface area contributed by atoms with Gasteiger partial charge in [-0.15, -0.1) is 0 Å². The molecule has 0 bridgehead atoms. The molecule has 1 N–H and O–H groups in total. The van der Waals surface area contributed by atoms with E-state index in [2.05, 4.69) is 13.8 Å². The summed E-state index contributed by atoms with van der Waals surface area (Å²) in [5.41, 5.74) is 0. The number of carboxylic acid groups (broad SMARTS) is 1. The van der Waals surface area contributed by atoms with Crippen molar-refractivity contribution in [3.63, 3.8) is 0 Å². The minimum atomic E-state index is -0.837. The van der Waals surface area contributed by atoms with Crippen LogP contribution in [-0.2, 0) is 9.59 Å². The highest BCUT2D eigenvalue weighted by molar-refractivity contribution is 5.78. The first kappa shape index (κ1) is 16.9. The maximum atomic E-state index is 12.0. The number of hydrogen-bond acceptors (Lipinski definition) is 3. The lowest BCUT2D eigenvalue weighted by molar-refractivity contribution is -0.138. The fourth-order valence-electron chi connectivity index (χ4n) is 1.79. The van der Waals surface area contributed by atoms with Crippen LogP contribution in [0.4, 0.5) is 0 Å². The van der Waals surface area contributed by atoms with Crippen molar-refractivity contribution in [1.29, 1.82) is 0 Å². The van der Waals surface area contributed by atoms with Crippen LogP contribution in [0.5, 0.6) is 0 Å².